The highest BCUT2D eigenvalue weighted by Gasteiger charge is 2.31. The zero-order chi connectivity index (χ0) is 30.2. The molecule has 1 aromatic rings. The van der Waals surface area contributed by atoms with Gasteiger partial charge in [0.15, 0.2) is 11.9 Å². The molecule has 0 aromatic carbocycles. The van der Waals surface area contributed by atoms with Crippen LogP contribution in [-0.4, -0.2) is 87.9 Å². The van der Waals surface area contributed by atoms with Crippen molar-refractivity contribution in [1.82, 2.24) is 25.9 Å². The van der Waals surface area contributed by atoms with E-state index in [0.29, 0.717) is 25.1 Å². The van der Waals surface area contributed by atoms with Gasteiger partial charge in [0.05, 0.1) is 12.4 Å². The Hall–Kier alpha value is -4.41. The predicted molar refractivity (Wildman–Crippen MR) is 148 cm³/mol. The second kappa shape index (κ2) is 17.2. The summed E-state index contributed by atoms with van der Waals surface area (Å²) in [6.07, 6.45) is 3.89. The van der Waals surface area contributed by atoms with Crippen LogP contribution in [0.2, 0.25) is 0 Å². The number of hydrogen-bond acceptors (Lipinski definition) is 8. The van der Waals surface area contributed by atoms with Gasteiger partial charge in [0.2, 0.25) is 17.7 Å². The van der Waals surface area contributed by atoms with Gasteiger partial charge in [-0.3, -0.25) is 24.4 Å². The average molecular weight is 567 g/mol. The van der Waals surface area contributed by atoms with Crippen molar-refractivity contribution in [3.63, 3.8) is 0 Å². The maximum absolute atomic E-state index is 13.2. The van der Waals surface area contributed by atoms with E-state index in [4.69, 9.17) is 28.7 Å². The number of H-pyrrole nitrogens is 1. The largest absolute Gasteiger partial charge is 0.480 e. The van der Waals surface area contributed by atoms with Crippen molar-refractivity contribution in [3.05, 3.63) is 18.2 Å². The summed E-state index contributed by atoms with van der Waals surface area (Å²) in [4.78, 5) is 65.1. The van der Waals surface area contributed by atoms with Gasteiger partial charge in [0.1, 0.15) is 18.1 Å². The number of nitrogens with two attached hydrogens (primary N) is 5. The van der Waals surface area contributed by atoms with Crippen LogP contribution < -0.4 is 44.6 Å². The number of aromatic amines is 1. The van der Waals surface area contributed by atoms with Crippen molar-refractivity contribution in [2.75, 3.05) is 13.1 Å². The molecule has 0 aliphatic rings. The topological polar surface area (TPSA) is 308 Å². The van der Waals surface area contributed by atoms with E-state index in [9.17, 15) is 24.3 Å². The molecule has 15 N–H and O–H groups in total. The first-order valence-corrected chi connectivity index (χ1v) is 12.8. The number of carboxylic acids is 1. The third-order valence-corrected chi connectivity index (χ3v) is 5.72. The summed E-state index contributed by atoms with van der Waals surface area (Å²) in [7, 11) is 0. The highest BCUT2D eigenvalue weighted by atomic mass is 16.4. The Balaban J connectivity index is 2.95. The summed E-state index contributed by atoms with van der Waals surface area (Å²) in [6.45, 7) is 3.91. The molecule has 224 valence electrons. The molecule has 0 aliphatic heterocycles. The van der Waals surface area contributed by atoms with Crippen LogP contribution in [0.5, 0.6) is 0 Å². The number of rotatable bonds is 18. The number of guanidine groups is 2. The number of aliphatic carboxylic acids is 1. The van der Waals surface area contributed by atoms with Gasteiger partial charge in [0, 0.05) is 31.4 Å². The zero-order valence-electron chi connectivity index (χ0n) is 22.8. The molecule has 17 heteroatoms. The number of carbonyl (C=O) groups is 4. The maximum Gasteiger partial charge on any atom is 0.326 e. The van der Waals surface area contributed by atoms with Crippen LogP contribution in [0.3, 0.4) is 0 Å². The van der Waals surface area contributed by atoms with Crippen LogP contribution in [-0.2, 0) is 25.6 Å². The summed E-state index contributed by atoms with van der Waals surface area (Å²) in [5.74, 6) is -3.76. The third-order valence-electron chi connectivity index (χ3n) is 5.72. The Morgan fingerprint density at radius 1 is 0.900 bits per heavy atom. The van der Waals surface area contributed by atoms with Gasteiger partial charge < -0.3 is 54.7 Å². The predicted octanol–water partition coefficient (Wildman–Crippen LogP) is -3.42. The quantitative estimate of drug-likeness (QED) is 0.0473. The molecule has 1 heterocycles. The second-order valence-electron chi connectivity index (χ2n) is 9.48. The molecule has 17 nitrogen and oxygen atoms in total. The minimum Gasteiger partial charge on any atom is -0.480 e. The highest BCUT2D eigenvalue weighted by molar-refractivity contribution is 5.94. The Labute approximate surface area is 232 Å². The number of aliphatic imine (C=N–C) groups is 2. The fourth-order valence-electron chi connectivity index (χ4n) is 3.57. The van der Waals surface area contributed by atoms with E-state index in [0.717, 1.165) is 0 Å². The molecule has 4 unspecified atom stereocenters. The SMILES string of the molecule is CC(C)C(NC(=O)C(N)CCCN=C(N)N)C(=O)NC(CCCN=C(N)N)C(=O)NC(Cc1cnc[nH]1)C(=O)O. The lowest BCUT2D eigenvalue weighted by Crippen LogP contribution is -2.58. The maximum atomic E-state index is 13.2. The first-order valence-electron chi connectivity index (χ1n) is 12.8. The van der Waals surface area contributed by atoms with Gasteiger partial charge in [-0.15, -0.1) is 0 Å². The Morgan fingerprint density at radius 2 is 1.48 bits per heavy atom. The Kier molecular flexibility index (Phi) is 14.5. The third kappa shape index (κ3) is 12.9. The van der Waals surface area contributed by atoms with Gasteiger partial charge in [-0.1, -0.05) is 13.8 Å². The van der Waals surface area contributed by atoms with Crippen LogP contribution in [0.4, 0.5) is 0 Å². The molecule has 1 aromatic heterocycles. The fourth-order valence-corrected chi connectivity index (χ4v) is 3.57. The minimum absolute atomic E-state index is 0.0541. The van der Waals surface area contributed by atoms with Gasteiger partial charge in [-0.05, 0) is 31.6 Å². The summed E-state index contributed by atoms with van der Waals surface area (Å²) in [6, 6.07) is -4.37. The van der Waals surface area contributed by atoms with E-state index in [1.54, 1.807) is 13.8 Å². The molecule has 3 amide bonds. The van der Waals surface area contributed by atoms with Crippen LogP contribution in [0, 0.1) is 5.92 Å². The van der Waals surface area contributed by atoms with E-state index < -0.39 is 47.9 Å². The number of carbonyl (C=O) groups excluding carboxylic acids is 3. The molecular formula is C23H42N12O5. The van der Waals surface area contributed by atoms with Crippen molar-refractivity contribution in [2.45, 2.75) is 70.1 Å². The molecule has 0 saturated carbocycles. The van der Waals surface area contributed by atoms with E-state index in [2.05, 4.69) is 35.9 Å². The lowest BCUT2D eigenvalue weighted by molar-refractivity contribution is -0.142. The smallest absolute Gasteiger partial charge is 0.326 e. The summed E-state index contributed by atoms with van der Waals surface area (Å²) in [5, 5.41) is 17.3. The Bertz CT molecular complexity index is 1020. The lowest BCUT2D eigenvalue weighted by Gasteiger charge is -2.27. The van der Waals surface area contributed by atoms with E-state index in [1.165, 1.54) is 12.5 Å². The second-order valence-corrected chi connectivity index (χ2v) is 9.48. The van der Waals surface area contributed by atoms with Gasteiger partial charge in [-0.2, -0.15) is 0 Å². The van der Waals surface area contributed by atoms with Crippen LogP contribution in [0.25, 0.3) is 0 Å². The molecule has 4 atom stereocenters. The van der Waals surface area contributed by atoms with Crippen molar-refractivity contribution in [3.8, 4) is 0 Å². The molecule has 0 saturated heterocycles. The van der Waals surface area contributed by atoms with Gasteiger partial charge >= 0.3 is 5.97 Å². The minimum atomic E-state index is -1.29. The number of imidazole rings is 1. The fraction of sp³-hybridized carbons (Fsp3) is 0.609. The molecule has 1 rings (SSSR count). The molecule has 0 bridgehead atoms. The lowest BCUT2D eigenvalue weighted by atomic mass is 10.0. The standard InChI is InChI=1S/C23H42N12O5/c1-12(2)17(35-18(36)14(24)5-3-7-30-22(25)26)20(38)33-15(6-4-8-31-23(27)28)19(37)34-16(21(39)40)9-13-10-29-11-32-13/h10-12,14-17H,3-9,24H2,1-2H3,(H,29,32)(H,33,38)(H,34,37)(H,35,36)(H,39,40)(H4,25,26,30)(H4,27,28,31). The molecular weight excluding hydrogens is 524 g/mol. The van der Waals surface area contributed by atoms with Gasteiger partial charge in [-0.25, -0.2) is 9.78 Å². The molecule has 0 fully saturated rings. The van der Waals surface area contributed by atoms with E-state index in [1.807, 2.05) is 0 Å². The van der Waals surface area contributed by atoms with E-state index >= 15 is 0 Å². The summed E-state index contributed by atoms with van der Waals surface area (Å²) in [5.41, 5.74) is 27.7. The number of hydrogen-bond donors (Lipinski definition) is 10. The molecule has 0 radical (unpaired) electrons. The number of nitrogens with one attached hydrogen (secondary N) is 4. The normalized spacial score (nSPS) is 13.8. The van der Waals surface area contributed by atoms with E-state index in [-0.39, 0.29) is 43.6 Å². The Morgan fingerprint density at radius 3 is 1.98 bits per heavy atom. The summed E-state index contributed by atoms with van der Waals surface area (Å²) >= 11 is 0. The first-order chi connectivity index (χ1) is 18.8. The number of nitrogens with zero attached hydrogens (tertiary/aromatic N) is 3. The van der Waals surface area contributed by atoms with Crippen LogP contribution in [0.1, 0.15) is 45.2 Å². The highest BCUT2D eigenvalue weighted by Crippen LogP contribution is 2.08. The van der Waals surface area contributed by atoms with Crippen molar-refractivity contribution in [1.29, 1.82) is 0 Å². The molecule has 0 aliphatic carbocycles. The van der Waals surface area contributed by atoms with Gasteiger partial charge in [0.25, 0.3) is 0 Å². The number of aromatic nitrogens is 2. The molecule has 0 spiro atoms. The molecule has 40 heavy (non-hydrogen) atoms. The van der Waals surface area contributed by atoms with Crippen molar-refractivity contribution >= 4 is 35.6 Å². The monoisotopic (exact) mass is 566 g/mol. The zero-order valence-corrected chi connectivity index (χ0v) is 22.8. The van der Waals surface area contributed by atoms with Crippen molar-refractivity contribution in [2.24, 2.45) is 44.6 Å². The van der Waals surface area contributed by atoms with Crippen LogP contribution in [0.15, 0.2) is 22.5 Å². The van der Waals surface area contributed by atoms with Crippen molar-refractivity contribution < 1.29 is 24.3 Å². The van der Waals surface area contributed by atoms with Crippen LogP contribution >= 0.6 is 0 Å². The first kappa shape index (κ1) is 33.6. The average Bonchev–Trinajstić information content (AvgIpc) is 3.38. The summed E-state index contributed by atoms with van der Waals surface area (Å²) < 4.78 is 0. The number of amides is 3. The number of carboxylic acid groups (broad SMARTS) is 1.